The Morgan fingerprint density at radius 2 is 2.24 bits per heavy atom. The molecule has 1 saturated carbocycles. The Kier molecular flexibility index (Phi) is 4.00. The van der Waals surface area contributed by atoms with Crippen molar-refractivity contribution in [3.8, 4) is 5.75 Å². The number of halogens is 1. The molecule has 0 aliphatic heterocycles. The van der Waals surface area contributed by atoms with Gasteiger partial charge in [-0.1, -0.05) is 12.5 Å². The molecule has 1 unspecified atom stereocenters. The summed E-state index contributed by atoms with van der Waals surface area (Å²) in [5.74, 6) is 1.15. The molecule has 0 bridgehead atoms. The molecule has 1 N–H and O–H groups in total. The van der Waals surface area contributed by atoms with Crippen LogP contribution in [0.3, 0.4) is 0 Å². The van der Waals surface area contributed by atoms with Gasteiger partial charge in [0.1, 0.15) is 11.6 Å². The van der Waals surface area contributed by atoms with E-state index >= 15 is 0 Å². The van der Waals surface area contributed by atoms with E-state index in [1.54, 1.807) is 19.2 Å². The largest absolute Gasteiger partial charge is 0.497 e. The monoisotopic (exact) mass is 237 g/mol. The number of ether oxygens (including phenoxy) is 1. The molecule has 1 aromatic carbocycles. The van der Waals surface area contributed by atoms with E-state index in [9.17, 15) is 4.39 Å². The summed E-state index contributed by atoms with van der Waals surface area (Å²) in [6, 6.07) is 5.50. The van der Waals surface area contributed by atoms with E-state index in [4.69, 9.17) is 4.74 Å². The van der Waals surface area contributed by atoms with E-state index in [0.29, 0.717) is 23.9 Å². The number of rotatable bonds is 5. The van der Waals surface area contributed by atoms with Crippen LogP contribution in [0, 0.1) is 11.7 Å². The molecular formula is C14H20FNO. The van der Waals surface area contributed by atoms with E-state index in [2.05, 4.69) is 12.2 Å². The molecule has 17 heavy (non-hydrogen) atoms. The first-order chi connectivity index (χ1) is 8.20. The molecule has 2 rings (SSSR count). The summed E-state index contributed by atoms with van der Waals surface area (Å²) in [5.41, 5.74) is 0.706. The second-order valence-corrected chi connectivity index (χ2v) is 4.82. The van der Waals surface area contributed by atoms with E-state index in [1.165, 1.54) is 25.3 Å². The van der Waals surface area contributed by atoms with E-state index in [1.807, 2.05) is 0 Å². The van der Waals surface area contributed by atoms with Crippen LogP contribution in [-0.4, -0.2) is 13.2 Å². The second kappa shape index (κ2) is 5.50. The average molecular weight is 237 g/mol. The molecule has 1 fully saturated rings. The predicted molar refractivity (Wildman–Crippen MR) is 66.6 cm³/mol. The first-order valence-corrected chi connectivity index (χ1v) is 6.26. The third kappa shape index (κ3) is 2.97. The topological polar surface area (TPSA) is 21.3 Å². The van der Waals surface area contributed by atoms with Crippen LogP contribution < -0.4 is 10.1 Å². The zero-order chi connectivity index (χ0) is 12.3. The van der Waals surface area contributed by atoms with Gasteiger partial charge in [0.05, 0.1) is 7.11 Å². The molecule has 0 spiro atoms. The molecule has 1 aliphatic rings. The van der Waals surface area contributed by atoms with Crippen LogP contribution >= 0.6 is 0 Å². The number of methoxy groups -OCH3 is 1. The van der Waals surface area contributed by atoms with Crippen molar-refractivity contribution < 1.29 is 9.13 Å². The summed E-state index contributed by atoms with van der Waals surface area (Å²) >= 11 is 0. The Hall–Kier alpha value is -1.09. The standard InChI is InChI=1S/C14H20FNO/c1-10(11-4-3-5-11)16-9-12-6-7-13(17-2)8-14(12)15/h6-8,10-11,16H,3-5,9H2,1-2H3. The molecule has 0 radical (unpaired) electrons. The van der Waals surface area contributed by atoms with Gasteiger partial charge in [-0.25, -0.2) is 4.39 Å². The summed E-state index contributed by atoms with van der Waals surface area (Å²) < 4.78 is 18.6. The minimum Gasteiger partial charge on any atom is -0.497 e. The summed E-state index contributed by atoms with van der Waals surface area (Å²) in [4.78, 5) is 0. The SMILES string of the molecule is COc1ccc(CNC(C)C2CCC2)c(F)c1. The number of hydrogen-bond donors (Lipinski definition) is 1. The van der Waals surface area contributed by atoms with E-state index in [0.717, 1.165) is 5.92 Å². The number of nitrogens with one attached hydrogen (secondary N) is 1. The van der Waals surface area contributed by atoms with Crippen molar-refractivity contribution in [1.82, 2.24) is 5.32 Å². The van der Waals surface area contributed by atoms with Crippen LogP contribution in [0.2, 0.25) is 0 Å². The minimum absolute atomic E-state index is 0.197. The summed E-state index contributed by atoms with van der Waals surface area (Å²) in [7, 11) is 1.55. The van der Waals surface area contributed by atoms with Crippen LogP contribution in [0.15, 0.2) is 18.2 Å². The molecule has 1 aromatic rings. The minimum atomic E-state index is -0.197. The summed E-state index contributed by atoms with van der Waals surface area (Å²) in [5, 5.41) is 3.40. The molecule has 0 saturated heterocycles. The third-order valence-corrected chi connectivity index (χ3v) is 3.73. The Morgan fingerprint density at radius 1 is 1.47 bits per heavy atom. The van der Waals surface area contributed by atoms with Crippen molar-refractivity contribution in [2.75, 3.05) is 7.11 Å². The van der Waals surface area contributed by atoms with Crippen molar-refractivity contribution in [2.45, 2.75) is 38.8 Å². The fourth-order valence-corrected chi connectivity index (χ4v) is 2.18. The van der Waals surface area contributed by atoms with Gasteiger partial charge in [0.15, 0.2) is 0 Å². The lowest BCUT2D eigenvalue weighted by atomic mass is 9.80. The first-order valence-electron chi connectivity index (χ1n) is 6.26. The van der Waals surface area contributed by atoms with Crippen LogP contribution in [0.4, 0.5) is 4.39 Å². The van der Waals surface area contributed by atoms with Crippen LogP contribution in [0.25, 0.3) is 0 Å². The molecular weight excluding hydrogens is 217 g/mol. The normalized spacial score (nSPS) is 17.6. The molecule has 0 amide bonds. The lowest BCUT2D eigenvalue weighted by Crippen LogP contribution is -2.36. The average Bonchev–Trinajstić information content (AvgIpc) is 2.25. The van der Waals surface area contributed by atoms with Crippen molar-refractivity contribution >= 4 is 0 Å². The number of benzene rings is 1. The Labute approximate surface area is 102 Å². The van der Waals surface area contributed by atoms with Gasteiger partial charge in [-0.15, -0.1) is 0 Å². The lowest BCUT2D eigenvalue weighted by Gasteiger charge is -2.32. The molecule has 2 nitrogen and oxygen atoms in total. The molecule has 0 aromatic heterocycles. The van der Waals surface area contributed by atoms with Crippen molar-refractivity contribution in [3.63, 3.8) is 0 Å². The van der Waals surface area contributed by atoms with Gasteiger partial charge in [0, 0.05) is 24.2 Å². The van der Waals surface area contributed by atoms with Crippen LogP contribution in [-0.2, 0) is 6.54 Å². The highest BCUT2D eigenvalue weighted by atomic mass is 19.1. The van der Waals surface area contributed by atoms with Gasteiger partial charge in [-0.3, -0.25) is 0 Å². The van der Waals surface area contributed by atoms with Crippen LogP contribution in [0.5, 0.6) is 5.75 Å². The van der Waals surface area contributed by atoms with E-state index in [-0.39, 0.29) is 5.82 Å². The molecule has 3 heteroatoms. The third-order valence-electron chi connectivity index (χ3n) is 3.73. The molecule has 1 atom stereocenters. The van der Waals surface area contributed by atoms with Crippen molar-refractivity contribution in [3.05, 3.63) is 29.6 Å². The fourth-order valence-electron chi connectivity index (χ4n) is 2.18. The predicted octanol–water partition coefficient (Wildman–Crippen LogP) is 3.11. The zero-order valence-electron chi connectivity index (χ0n) is 10.5. The highest BCUT2D eigenvalue weighted by Gasteiger charge is 2.23. The molecule has 0 heterocycles. The Bertz CT molecular complexity index is 376. The Balaban J connectivity index is 1.89. The summed E-state index contributed by atoms with van der Waals surface area (Å²) in [6.07, 6.45) is 3.95. The van der Waals surface area contributed by atoms with Gasteiger partial charge < -0.3 is 10.1 Å². The zero-order valence-corrected chi connectivity index (χ0v) is 10.5. The van der Waals surface area contributed by atoms with Gasteiger partial charge >= 0.3 is 0 Å². The van der Waals surface area contributed by atoms with Gasteiger partial charge in [0.25, 0.3) is 0 Å². The maximum atomic E-state index is 13.7. The van der Waals surface area contributed by atoms with Gasteiger partial charge in [-0.2, -0.15) is 0 Å². The van der Waals surface area contributed by atoms with Gasteiger partial charge in [0.2, 0.25) is 0 Å². The molecule has 1 aliphatic carbocycles. The van der Waals surface area contributed by atoms with Crippen molar-refractivity contribution in [2.24, 2.45) is 5.92 Å². The molecule has 94 valence electrons. The van der Waals surface area contributed by atoms with Crippen LogP contribution in [0.1, 0.15) is 31.7 Å². The first kappa shape index (κ1) is 12.4. The maximum absolute atomic E-state index is 13.7. The van der Waals surface area contributed by atoms with E-state index < -0.39 is 0 Å². The Morgan fingerprint density at radius 3 is 2.76 bits per heavy atom. The highest BCUT2D eigenvalue weighted by molar-refractivity contribution is 5.28. The van der Waals surface area contributed by atoms with Crippen molar-refractivity contribution in [1.29, 1.82) is 0 Å². The maximum Gasteiger partial charge on any atom is 0.131 e. The summed E-state index contributed by atoms with van der Waals surface area (Å²) in [6.45, 7) is 2.78. The van der Waals surface area contributed by atoms with Gasteiger partial charge in [-0.05, 0) is 31.7 Å². The number of hydrogen-bond acceptors (Lipinski definition) is 2. The lowest BCUT2D eigenvalue weighted by molar-refractivity contribution is 0.239. The smallest absolute Gasteiger partial charge is 0.131 e. The quantitative estimate of drug-likeness (QED) is 0.849. The second-order valence-electron chi connectivity index (χ2n) is 4.82. The fraction of sp³-hybridized carbons (Fsp3) is 0.571. The highest BCUT2D eigenvalue weighted by Crippen LogP contribution is 2.29.